The molecule has 1 aliphatic heterocycles. The van der Waals surface area contributed by atoms with Gasteiger partial charge in [-0.25, -0.2) is 0 Å². The van der Waals surface area contributed by atoms with Crippen LogP contribution in [-0.2, 0) is 11.3 Å². The molecule has 0 spiro atoms. The number of amides is 1. The van der Waals surface area contributed by atoms with Crippen molar-refractivity contribution in [3.8, 4) is 0 Å². The van der Waals surface area contributed by atoms with E-state index in [1.165, 1.54) is 0 Å². The zero-order chi connectivity index (χ0) is 22.2. The number of fused-ring (bicyclic) bond motifs is 1. The van der Waals surface area contributed by atoms with Crippen LogP contribution in [0.15, 0.2) is 23.0 Å². The molecule has 0 saturated carbocycles. The SMILES string of the molecule is CCN(CC)CCn1c(=S)[nH]c2cc(C(=O)NCCCN3CCOCC3)ccc2c1=O. The fourth-order valence-electron chi connectivity index (χ4n) is 3.81. The van der Waals surface area contributed by atoms with Gasteiger partial charge in [0.25, 0.3) is 11.5 Å². The number of benzene rings is 1. The van der Waals surface area contributed by atoms with Crippen molar-refractivity contribution in [2.24, 2.45) is 0 Å². The summed E-state index contributed by atoms with van der Waals surface area (Å²) in [7, 11) is 0. The fraction of sp³-hybridized carbons (Fsp3) is 0.591. The third-order valence-electron chi connectivity index (χ3n) is 5.82. The molecule has 1 saturated heterocycles. The normalized spacial score (nSPS) is 14.9. The van der Waals surface area contributed by atoms with Crippen molar-refractivity contribution >= 4 is 29.0 Å². The monoisotopic (exact) mass is 447 g/mol. The van der Waals surface area contributed by atoms with Gasteiger partial charge in [0, 0.05) is 38.3 Å². The van der Waals surface area contributed by atoms with Gasteiger partial charge in [-0.05, 0) is 56.5 Å². The van der Waals surface area contributed by atoms with E-state index < -0.39 is 0 Å². The van der Waals surface area contributed by atoms with Crippen LogP contribution in [0.1, 0.15) is 30.6 Å². The van der Waals surface area contributed by atoms with E-state index in [4.69, 9.17) is 17.0 Å². The Labute approximate surface area is 188 Å². The second-order valence-electron chi connectivity index (χ2n) is 7.74. The molecule has 1 aliphatic rings. The Kier molecular flexibility index (Phi) is 8.77. The summed E-state index contributed by atoms with van der Waals surface area (Å²) in [4.78, 5) is 33.2. The highest BCUT2D eigenvalue weighted by Crippen LogP contribution is 2.11. The number of nitrogens with one attached hydrogen (secondary N) is 2. The molecule has 1 aromatic carbocycles. The van der Waals surface area contributed by atoms with Gasteiger partial charge in [0.2, 0.25) is 0 Å². The summed E-state index contributed by atoms with van der Waals surface area (Å²) in [5, 5.41) is 3.50. The van der Waals surface area contributed by atoms with E-state index in [0.717, 1.165) is 58.9 Å². The van der Waals surface area contributed by atoms with Gasteiger partial charge in [-0.2, -0.15) is 0 Å². The molecule has 0 bridgehead atoms. The molecule has 2 heterocycles. The van der Waals surface area contributed by atoms with E-state index in [0.29, 0.717) is 34.3 Å². The molecule has 170 valence electrons. The number of aromatic amines is 1. The van der Waals surface area contributed by atoms with Crippen LogP contribution in [0.4, 0.5) is 0 Å². The molecule has 0 atom stereocenters. The summed E-state index contributed by atoms with van der Waals surface area (Å²) >= 11 is 5.42. The van der Waals surface area contributed by atoms with Crippen LogP contribution in [0.25, 0.3) is 10.9 Å². The van der Waals surface area contributed by atoms with Crippen LogP contribution < -0.4 is 10.9 Å². The number of aromatic nitrogens is 2. The molecule has 0 aliphatic carbocycles. The lowest BCUT2D eigenvalue weighted by molar-refractivity contribution is 0.0374. The minimum atomic E-state index is -0.145. The zero-order valence-electron chi connectivity index (χ0n) is 18.5. The Bertz CT molecular complexity index is 993. The van der Waals surface area contributed by atoms with Crippen LogP contribution in [0.2, 0.25) is 0 Å². The van der Waals surface area contributed by atoms with Gasteiger partial charge in [0.05, 0.1) is 24.1 Å². The molecular weight excluding hydrogens is 414 g/mol. The molecule has 1 fully saturated rings. The number of carbonyl (C=O) groups excluding carboxylic acids is 1. The quantitative estimate of drug-likeness (QED) is 0.427. The number of likely N-dealkylation sites (N-methyl/N-ethyl adjacent to an activating group) is 1. The lowest BCUT2D eigenvalue weighted by atomic mass is 10.1. The molecule has 3 rings (SSSR count). The van der Waals surface area contributed by atoms with E-state index in [9.17, 15) is 9.59 Å². The Morgan fingerprint density at radius 1 is 1.23 bits per heavy atom. The zero-order valence-corrected chi connectivity index (χ0v) is 19.3. The maximum Gasteiger partial charge on any atom is 0.262 e. The highest BCUT2D eigenvalue weighted by atomic mass is 32.1. The molecular formula is C22H33N5O3S. The first kappa shape index (κ1) is 23.6. The number of H-pyrrole nitrogens is 1. The highest BCUT2D eigenvalue weighted by Gasteiger charge is 2.12. The standard InChI is InChI=1S/C22H33N5O3S/c1-3-25(4-2)10-11-27-21(29)18-7-6-17(16-19(18)24-22(27)31)20(28)23-8-5-9-26-12-14-30-15-13-26/h6-7,16H,3-5,8-15H2,1-2H3,(H,23,28)(H,24,31). The summed E-state index contributed by atoms with van der Waals surface area (Å²) in [5.41, 5.74) is 0.989. The molecule has 8 nitrogen and oxygen atoms in total. The van der Waals surface area contributed by atoms with Crippen molar-refractivity contribution in [2.45, 2.75) is 26.8 Å². The van der Waals surface area contributed by atoms with Crippen LogP contribution in [0.3, 0.4) is 0 Å². The van der Waals surface area contributed by atoms with Gasteiger partial charge in [-0.1, -0.05) is 13.8 Å². The predicted molar refractivity (Wildman–Crippen MR) is 125 cm³/mol. The topological polar surface area (TPSA) is 82.6 Å². The van der Waals surface area contributed by atoms with Crippen molar-refractivity contribution in [3.05, 3.63) is 38.9 Å². The summed E-state index contributed by atoms with van der Waals surface area (Å²) in [6.07, 6.45) is 0.888. The van der Waals surface area contributed by atoms with Crippen molar-refractivity contribution in [2.75, 3.05) is 59.0 Å². The number of morpholine rings is 1. The molecule has 31 heavy (non-hydrogen) atoms. The summed E-state index contributed by atoms with van der Waals surface area (Å²) in [5.74, 6) is -0.145. The van der Waals surface area contributed by atoms with Crippen LogP contribution >= 0.6 is 12.2 Å². The Morgan fingerprint density at radius 2 is 1.97 bits per heavy atom. The summed E-state index contributed by atoms with van der Waals surface area (Å²) in [6, 6.07) is 5.12. The average molecular weight is 448 g/mol. The number of rotatable bonds is 10. The summed E-state index contributed by atoms with van der Waals surface area (Å²) in [6.45, 7) is 12.4. The maximum absolute atomic E-state index is 12.9. The van der Waals surface area contributed by atoms with Gasteiger partial charge in [-0.15, -0.1) is 0 Å². The maximum atomic E-state index is 12.9. The van der Waals surface area contributed by atoms with Gasteiger partial charge in [0.15, 0.2) is 4.77 Å². The fourth-order valence-corrected chi connectivity index (χ4v) is 4.10. The van der Waals surface area contributed by atoms with E-state index in [2.05, 4.69) is 33.9 Å². The number of nitrogens with zero attached hydrogens (tertiary/aromatic N) is 3. The van der Waals surface area contributed by atoms with Crippen molar-refractivity contribution in [3.63, 3.8) is 0 Å². The number of carbonyl (C=O) groups is 1. The van der Waals surface area contributed by atoms with E-state index >= 15 is 0 Å². The van der Waals surface area contributed by atoms with Crippen molar-refractivity contribution < 1.29 is 9.53 Å². The number of hydrogen-bond acceptors (Lipinski definition) is 6. The number of hydrogen-bond donors (Lipinski definition) is 2. The van der Waals surface area contributed by atoms with Gasteiger partial charge < -0.3 is 19.9 Å². The molecule has 1 aromatic heterocycles. The number of ether oxygens (including phenoxy) is 1. The molecule has 2 aromatic rings. The van der Waals surface area contributed by atoms with E-state index in [1.54, 1.807) is 22.8 Å². The Morgan fingerprint density at radius 3 is 2.68 bits per heavy atom. The van der Waals surface area contributed by atoms with E-state index in [1.807, 2.05) is 0 Å². The molecule has 2 N–H and O–H groups in total. The molecule has 0 unspecified atom stereocenters. The molecule has 0 radical (unpaired) electrons. The largest absolute Gasteiger partial charge is 0.379 e. The lowest BCUT2D eigenvalue weighted by Gasteiger charge is -2.26. The Balaban J connectivity index is 1.63. The lowest BCUT2D eigenvalue weighted by Crippen LogP contribution is -2.38. The first-order valence-corrected chi connectivity index (χ1v) is 11.5. The average Bonchev–Trinajstić information content (AvgIpc) is 2.79. The highest BCUT2D eigenvalue weighted by molar-refractivity contribution is 7.71. The van der Waals surface area contributed by atoms with Gasteiger partial charge >= 0.3 is 0 Å². The first-order valence-electron chi connectivity index (χ1n) is 11.1. The molecule has 9 heteroatoms. The second-order valence-corrected chi connectivity index (χ2v) is 8.12. The smallest absolute Gasteiger partial charge is 0.262 e. The second kappa shape index (κ2) is 11.5. The summed E-state index contributed by atoms with van der Waals surface area (Å²) < 4.78 is 7.33. The predicted octanol–water partition coefficient (Wildman–Crippen LogP) is 1.85. The minimum Gasteiger partial charge on any atom is -0.379 e. The van der Waals surface area contributed by atoms with Crippen LogP contribution in [0, 0.1) is 4.77 Å². The minimum absolute atomic E-state index is 0.122. The first-order chi connectivity index (χ1) is 15.0. The Hall–Kier alpha value is -2.07. The third-order valence-corrected chi connectivity index (χ3v) is 6.14. The van der Waals surface area contributed by atoms with Crippen molar-refractivity contribution in [1.82, 2.24) is 24.7 Å². The third kappa shape index (κ3) is 6.22. The van der Waals surface area contributed by atoms with Crippen LogP contribution in [-0.4, -0.2) is 84.3 Å². The molecule has 1 amide bonds. The van der Waals surface area contributed by atoms with E-state index in [-0.39, 0.29) is 11.5 Å². The van der Waals surface area contributed by atoms with Crippen molar-refractivity contribution in [1.29, 1.82) is 0 Å². The van der Waals surface area contributed by atoms with Gasteiger partial charge in [-0.3, -0.25) is 19.1 Å². The van der Waals surface area contributed by atoms with Gasteiger partial charge in [0.1, 0.15) is 0 Å². The van der Waals surface area contributed by atoms with Crippen LogP contribution in [0.5, 0.6) is 0 Å².